The molecule has 0 aromatic heterocycles. The zero-order chi connectivity index (χ0) is 13.5. The Bertz CT molecular complexity index is 463. The van der Waals surface area contributed by atoms with Crippen molar-refractivity contribution in [2.75, 3.05) is 43.9 Å². The Morgan fingerprint density at radius 1 is 1.26 bits per heavy atom. The Hall–Kier alpha value is -1.22. The van der Waals surface area contributed by atoms with E-state index in [1.165, 1.54) is 61.2 Å². The number of nitrogen functional groups attached to an aromatic ring is 1. The number of aryl methyl sites for hydroxylation is 1. The largest absolute Gasteiger partial charge is 0.399 e. The van der Waals surface area contributed by atoms with Crippen LogP contribution in [-0.2, 0) is 0 Å². The van der Waals surface area contributed by atoms with Crippen LogP contribution in [0.25, 0.3) is 0 Å². The molecule has 0 amide bonds. The predicted octanol–water partition coefficient (Wildman–Crippen LogP) is 2.40. The van der Waals surface area contributed by atoms with Crippen molar-refractivity contribution in [1.82, 2.24) is 0 Å². The van der Waals surface area contributed by atoms with E-state index < -0.39 is 0 Å². The van der Waals surface area contributed by atoms with Crippen molar-refractivity contribution >= 4 is 11.4 Å². The van der Waals surface area contributed by atoms with Crippen molar-refractivity contribution in [3.63, 3.8) is 0 Å². The van der Waals surface area contributed by atoms with E-state index in [9.17, 15) is 0 Å². The molecule has 19 heavy (non-hydrogen) atoms. The highest BCUT2D eigenvalue weighted by Gasteiger charge is 2.40. The fourth-order valence-corrected chi connectivity index (χ4v) is 3.76. The van der Waals surface area contributed by atoms with Crippen LogP contribution in [0.2, 0.25) is 0 Å². The van der Waals surface area contributed by atoms with Crippen molar-refractivity contribution in [3.05, 3.63) is 23.8 Å². The topological polar surface area (TPSA) is 29.3 Å². The fourth-order valence-electron chi connectivity index (χ4n) is 3.76. The van der Waals surface area contributed by atoms with Gasteiger partial charge in [-0.05, 0) is 30.7 Å². The molecule has 3 nitrogen and oxygen atoms in total. The van der Waals surface area contributed by atoms with Crippen molar-refractivity contribution in [3.8, 4) is 0 Å². The minimum absolute atomic E-state index is 0.820. The van der Waals surface area contributed by atoms with E-state index in [0.717, 1.165) is 11.7 Å². The van der Waals surface area contributed by atoms with Crippen molar-refractivity contribution < 1.29 is 4.48 Å². The van der Waals surface area contributed by atoms with Crippen LogP contribution in [0.1, 0.15) is 24.8 Å². The molecule has 1 atom stereocenters. The summed E-state index contributed by atoms with van der Waals surface area (Å²) in [5, 5.41) is 0. The Balaban J connectivity index is 1.73. The highest BCUT2D eigenvalue weighted by Crippen LogP contribution is 2.30. The number of benzene rings is 1. The van der Waals surface area contributed by atoms with Gasteiger partial charge in [-0.25, -0.2) is 0 Å². The molecule has 2 aliphatic rings. The van der Waals surface area contributed by atoms with Crippen LogP contribution in [0.15, 0.2) is 18.2 Å². The second-order valence-corrected chi connectivity index (χ2v) is 6.56. The molecule has 1 unspecified atom stereocenters. The first kappa shape index (κ1) is 12.8. The van der Waals surface area contributed by atoms with Gasteiger partial charge in [0.25, 0.3) is 0 Å². The van der Waals surface area contributed by atoms with Gasteiger partial charge in [0.1, 0.15) is 6.04 Å². The number of hydrogen-bond donors (Lipinski definition) is 1. The number of rotatable bonds is 2. The first-order valence-electron chi connectivity index (χ1n) is 7.54. The molecular formula is C16H26N3+. The van der Waals surface area contributed by atoms with Crippen LogP contribution in [0, 0.1) is 6.92 Å². The molecule has 0 aliphatic carbocycles. The van der Waals surface area contributed by atoms with Gasteiger partial charge < -0.3 is 15.1 Å². The van der Waals surface area contributed by atoms with Gasteiger partial charge in [0, 0.05) is 37.2 Å². The van der Waals surface area contributed by atoms with Gasteiger partial charge in [0.05, 0.1) is 26.7 Å². The number of nitrogens with zero attached hydrogens (tertiary/aromatic N) is 2. The molecule has 2 aliphatic heterocycles. The van der Waals surface area contributed by atoms with E-state index in [1.807, 2.05) is 6.07 Å². The molecule has 0 saturated carbocycles. The number of hydrogen-bond acceptors (Lipinski definition) is 2. The van der Waals surface area contributed by atoms with E-state index in [-0.39, 0.29) is 0 Å². The molecule has 0 radical (unpaired) electrons. The number of likely N-dealkylation sites (N-methyl/N-ethyl adjacent to an activating group) is 1. The normalized spacial score (nSPS) is 26.0. The summed E-state index contributed by atoms with van der Waals surface area (Å²) < 4.78 is 1.30. The Kier molecular flexibility index (Phi) is 3.17. The molecule has 3 heteroatoms. The van der Waals surface area contributed by atoms with Crippen LogP contribution in [0.4, 0.5) is 11.4 Å². The predicted molar refractivity (Wildman–Crippen MR) is 81.4 cm³/mol. The quantitative estimate of drug-likeness (QED) is 0.653. The van der Waals surface area contributed by atoms with Crippen molar-refractivity contribution in [2.24, 2.45) is 0 Å². The maximum Gasteiger partial charge on any atom is 0.108 e. The van der Waals surface area contributed by atoms with E-state index in [4.69, 9.17) is 5.73 Å². The summed E-state index contributed by atoms with van der Waals surface area (Å²) in [6, 6.07) is 7.28. The second kappa shape index (κ2) is 4.71. The van der Waals surface area contributed by atoms with Gasteiger partial charge in [-0.1, -0.05) is 0 Å². The summed E-state index contributed by atoms with van der Waals surface area (Å²) in [4.78, 5) is 2.54. The first-order chi connectivity index (χ1) is 9.08. The third kappa shape index (κ3) is 2.32. The minimum atomic E-state index is 0.820. The summed E-state index contributed by atoms with van der Waals surface area (Å²) in [5.74, 6) is 0. The summed E-state index contributed by atoms with van der Waals surface area (Å²) in [6.45, 7) is 7.25. The zero-order valence-electron chi connectivity index (χ0n) is 12.2. The molecule has 2 heterocycles. The second-order valence-electron chi connectivity index (χ2n) is 6.56. The van der Waals surface area contributed by atoms with E-state index in [2.05, 4.69) is 31.0 Å². The average Bonchev–Trinajstić information content (AvgIpc) is 3.02. The van der Waals surface area contributed by atoms with Gasteiger partial charge in [-0.3, -0.25) is 0 Å². The third-order valence-electron chi connectivity index (χ3n) is 5.25. The smallest absolute Gasteiger partial charge is 0.108 e. The maximum atomic E-state index is 5.91. The molecule has 2 saturated heterocycles. The van der Waals surface area contributed by atoms with E-state index in [0.29, 0.717) is 0 Å². The van der Waals surface area contributed by atoms with Crippen LogP contribution < -0.4 is 10.6 Å². The first-order valence-corrected chi connectivity index (χ1v) is 7.54. The molecule has 1 aromatic carbocycles. The van der Waals surface area contributed by atoms with Crippen LogP contribution >= 0.6 is 0 Å². The Labute approximate surface area is 116 Å². The van der Waals surface area contributed by atoms with Gasteiger partial charge in [-0.15, -0.1) is 0 Å². The SMILES string of the molecule is Cc1cc(N2CCC([N+]3(C)CCCC3)C2)ccc1N. The molecule has 2 N–H and O–H groups in total. The van der Waals surface area contributed by atoms with Crippen LogP contribution in [0.3, 0.4) is 0 Å². The average molecular weight is 260 g/mol. The number of anilines is 2. The summed E-state index contributed by atoms with van der Waals surface area (Å²) in [5.41, 5.74) is 9.36. The molecule has 1 aromatic rings. The molecular weight excluding hydrogens is 234 g/mol. The van der Waals surface area contributed by atoms with Gasteiger partial charge in [0.2, 0.25) is 0 Å². The lowest BCUT2D eigenvalue weighted by atomic mass is 10.1. The number of nitrogens with two attached hydrogens (primary N) is 1. The highest BCUT2D eigenvalue weighted by molar-refractivity contribution is 5.58. The van der Waals surface area contributed by atoms with Crippen molar-refractivity contribution in [2.45, 2.75) is 32.2 Å². The lowest BCUT2D eigenvalue weighted by Crippen LogP contribution is -2.51. The van der Waals surface area contributed by atoms with E-state index in [1.54, 1.807) is 0 Å². The van der Waals surface area contributed by atoms with Gasteiger partial charge >= 0.3 is 0 Å². The monoisotopic (exact) mass is 260 g/mol. The Morgan fingerprint density at radius 3 is 2.68 bits per heavy atom. The standard InChI is InChI=1S/C16H26N3/c1-13-11-14(5-6-16(13)17)18-8-7-15(12-18)19(2)9-3-4-10-19/h5-6,11,15H,3-4,7-10,12,17H2,1-2H3/q+1. The molecule has 104 valence electrons. The lowest BCUT2D eigenvalue weighted by molar-refractivity contribution is -0.919. The van der Waals surface area contributed by atoms with Crippen LogP contribution in [0.5, 0.6) is 0 Å². The van der Waals surface area contributed by atoms with Gasteiger partial charge in [-0.2, -0.15) is 0 Å². The lowest BCUT2D eigenvalue weighted by Gasteiger charge is -2.35. The molecule has 0 bridgehead atoms. The molecule has 2 fully saturated rings. The summed E-state index contributed by atoms with van der Waals surface area (Å²) in [6.07, 6.45) is 4.15. The summed E-state index contributed by atoms with van der Waals surface area (Å²) >= 11 is 0. The molecule has 0 spiro atoms. The minimum Gasteiger partial charge on any atom is -0.399 e. The number of likely N-dealkylation sites (tertiary alicyclic amines) is 1. The van der Waals surface area contributed by atoms with Gasteiger partial charge in [0.15, 0.2) is 0 Å². The van der Waals surface area contributed by atoms with E-state index >= 15 is 0 Å². The number of quaternary nitrogens is 1. The summed E-state index contributed by atoms with van der Waals surface area (Å²) in [7, 11) is 2.45. The van der Waals surface area contributed by atoms with Crippen molar-refractivity contribution in [1.29, 1.82) is 0 Å². The highest BCUT2D eigenvalue weighted by atomic mass is 15.4. The molecule has 3 rings (SSSR count). The zero-order valence-corrected chi connectivity index (χ0v) is 12.2. The fraction of sp³-hybridized carbons (Fsp3) is 0.625. The Morgan fingerprint density at radius 2 is 2.00 bits per heavy atom. The maximum absolute atomic E-state index is 5.91. The third-order valence-corrected chi connectivity index (χ3v) is 5.25. The van der Waals surface area contributed by atoms with Crippen LogP contribution in [-0.4, -0.2) is 43.8 Å².